The summed E-state index contributed by atoms with van der Waals surface area (Å²) in [5, 5.41) is 0. The highest BCUT2D eigenvalue weighted by Crippen LogP contribution is 2.42. The maximum Gasteiger partial charge on any atom is 0.416 e. The smallest absolute Gasteiger partial charge is 0.416 e. The predicted octanol–water partition coefficient (Wildman–Crippen LogP) is 8.20. The van der Waals surface area contributed by atoms with Crippen LogP contribution in [0.15, 0.2) is 54.6 Å². The highest BCUT2D eigenvalue weighted by molar-refractivity contribution is 5.72. The second kappa shape index (κ2) is 9.76. The Labute approximate surface area is 216 Å². The van der Waals surface area contributed by atoms with Crippen LogP contribution in [0.3, 0.4) is 0 Å². The van der Waals surface area contributed by atoms with Crippen LogP contribution in [-0.4, -0.2) is 22.0 Å². The Morgan fingerprint density at radius 3 is 1.95 bits per heavy atom. The number of cyclic esters (lactones) is 1. The SMILES string of the molecule is Cc1cccc(-c2ccc(C(F)(F)F)cc2CN2C(=O)O[C@H](c3cc(C(F)(F)F)cc(C(F)(F)F)c3)[C@@H]2C)n1. The summed E-state index contributed by atoms with van der Waals surface area (Å²) in [4.78, 5) is 18.0. The Morgan fingerprint density at radius 1 is 0.821 bits per heavy atom. The lowest BCUT2D eigenvalue weighted by molar-refractivity contribution is -0.143. The number of alkyl halides is 9. The molecular formula is C26H19F9N2O2. The summed E-state index contributed by atoms with van der Waals surface area (Å²) in [7, 11) is 0. The number of carbonyl (C=O) groups excluding carboxylic acids is 1. The highest BCUT2D eigenvalue weighted by Gasteiger charge is 2.43. The van der Waals surface area contributed by atoms with Crippen molar-refractivity contribution in [2.45, 2.75) is 51.1 Å². The summed E-state index contributed by atoms with van der Waals surface area (Å²) >= 11 is 0. The third-order valence-corrected chi connectivity index (χ3v) is 6.27. The Balaban J connectivity index is 1.74. The van der Waals surface area contributed by atoms with Crippen LogP contribution in [0, 0.1) is 6.92 Å². The highest BCUT2D eigenvalue weighted by atomic mass is 19.4. The number of rotatable bonds is 4. The van der Waals surface area contributed by atoms with E-state index in [1.54, 1.807) is 25.1 Å². The van der Waals surface area contributed by atoms with E-state index in [2.05, 4.69) is 4.98 Å². The summed E-state index contributed by atoms with van der Waals surface area (Å²) in [5.41, 5.74) is -3.59. The van der Waals surface area contributed by atoms with Gasteiger partial charge in [0.05, 0.1) is 35.0 Å². The quantitative estimate of drug-likeness (QED) is 0.301. The van der Waals surface area contributed by atoms with Gasteiger partial charge in [0.2, 0.25) is 0 Å². The van der Waals surface area contributed by atoms with Gasteiger partial charge in [-0.15, -0.1) is 0 Å². The molecule has 1 aliphatic heterocycles. The lowest BCUT2D eigenvalue weighted by Gasteiger charge is -2.24. The zero-order valence-electron chi connectivity index (χ0n) is 20.2. The van der Waals surface area contributed by atoms with Crippen LogP contribution in [0.5, 0.6) is 0 Å². The van der Waals surface area contributed by atoms with Crippen molar-refractivity contribution >= 4 is 6.09 Å². The molecule has 208 valence electrons. The summed E-state index contributed by atoms with van der Waals surface area (Å²) in [6.07, 6.45) is -17.6. The molecule has 0 N–H and O–H groups in total. The zero-order valence-corrected chi connectivity index (χ0v) is 20.2. The van der Waals surface area contributed by atoms with E-state index in [0.717, 1.165) is 17.0 Å². The fraction of sp³-hybridized carbons (Fsp3) is 0.308. The largest absolute Gasteiger partial charge is 0.439 e. The first-order valence-electron chi connectivity index (χ1n) is 11.4. The van der Waals surface area contributed by atoms with Gasteiger partial charge in [0.25, 0.3) is 0 Å². The number of benzene rings is 2. The van der Waals surface area contributed by atoms with Crippen molar-refractivity contribution in [1.82, 2.24) is 9.88 Å². The maximum absolute atomic E-state index is 13.5. The van der Waals surface area contributed by atoms with Gasteiger partial charge in [0.1, 0.15) is 6.10 Å². The number of aromatic nitrogens is 1. The molecular weight excluding hydrogens is 543 g/mol. The molecule has 0 unspecified atom stereocenters. The van der Waals surface area contributed by atoms with Gasteiger partial charge in [-0.05, 0) is 67.4 Å². The Bertz CT molecular complexity index is 1370. The zero-order chi connectivity index (χ0) is 28.9. The number of pyridine rings is 1. The topological polar surface area (TPSA) is 42.4 Å². The molecule has 4 rings (SSSR count). The molecule has 1 fully saturated rings. The molecule has 1 aromatic heterocycles. The molecule has 0 aliphatic carbocycles. The van der Waals surface area contributed by atoms with Crippen LogP contribution in [0.2, 0.25) is 0 Å². The molecule has 0 bridgehead atoms. The van der Waals surface area contributed by atoms with Crippen molar-refractivity contribution in [3.63, 3.8) is 0 Å². The van der Waals surface area contributed by atoms with Gasteiger partial charge in [-0.1, -0.05) is 12.1 Å². The first-order chi connectivity index (χ1) is 17.9. The van der Waals surface area contributed by atoms with Crippen molar-refractivity contribution in [2.24, 2.45) is 0 Å². The second-order valence-corrected chi connectivity index (χ2v) is 9.05. The van der Waals surface area contributed by atoms with E-state index in [4.69, 9.17) is 4.74 Å². The van der Waals surface area contributed by atoms with Gasteiger partial charge in [-0.25, -0.2) is 4.79 Å². The number of amides is 1. The van der Waals surface area contributed by atoms with Crippen LogP contribution >= 0.6 is 0 Å². The van der Waals surface area contributed by atoms with Gasteiger partial charge < -0.3 is 4.74 Å². The van der Waals surface area contributed by atoms with Gasteiger partial charge >= 0.3 is 24.6 Å². The van der Waals surface area contributed by atoms with E-state index < -0.39 is 65.6 Å². The number of hydrogen-bond acceptors (Lipinski definition) is 3. The molecule has 0 saturated carbocycles. The molecule has 39 heavy (non-hydrogen) atoms. The van der Waals surface area contributed by atoms with Gasteiger partial charge in [-0.2, -0.15) is 39.5 Å². The lowest BCUT2D eigenvalue weighted by atomic mass is 9.96. The van der Waals surface area contributed by atoms with E-state index in [9.17, 15) is 44.3 Å². The lowest BCUT2D eigenvalue weighted by Crippen LogP contribution is -2.32. The van der Waals surface area contributed by atoms with Crippen LogP contribution in [0.25, 0.3) is 11.3 Å². The number of halogens is 9. The number of hydrogen-bond donors (Lipinski definition) is 0. The van der Waals surface area contributed by atoms with Crippen molar-refractivity contribution < 1.29 is 49.0 Å². The summed E-state index contributed by atoms with van der Waals surface area (Å²) in [6, 6.07) is 7.44. The van der Waals surface area contributed by atoms with Crippen molar-refractivity contribution in [1.29, 1.82) is 0 Å². The Kier molecular flexibility index (Phi) is 7.07. The third kappa shape index (κ3) is 5.96. The van der Waals surface area contributed by atoms with E-state index in [0.29, 0.717) is 23.5 Å². The molecule has 2 atom stereocenters. The molecule has 0 spiro atoms. The number of carbonyl (C=O) groups is 1. The van der Waals surface area contributed by atoms with E-state index >= 15 is 0 Å². The molecule has 2 aromatic carbocycles. The fourth-order valence-corrected chi connectivity index (χ4v) is 4.33. The van der Waals surface area contributed by atoms with Crippen LogP contribution < -0.4 is 0 Å². The van der Waals surface area contributed by atoms with Crippen LogP contribution in [0.4, 0.5) is 44.3 Å². The molecule has 2 heterocycles. The minimum atomic E-state index is -5.12. The van der Waals surface area contributed by atoms with E-state index in [1.165, 1.54) is 13.0 Å². The van der Waals surface area contributed by atoms with Gasteiger partial charge in [0, 0.05) is 11.3 Å². The van der Waals surface area contributed by atoms with Crippen molar-refractivity contribution in [3.05, 3.63) is 88.1 Å². The standard InChI is InChI=1S/C26H19F9N2O2/c1-13-4-3-5-21(36-13)20-7-6-17(24(27,28)29)10-16(20)12-37-14(2)22(39-23(37)38)15-8-18(25(30,31)32)11-19(9-15)26(33,34)35/h3-11,14,22H,12H2,1-2H3/t14-,22-/m0/s1. The fourth-order valence-electron chi connectivity index (χ4n) is 4.33. The number of ether oxygens (including phenoxy) is 1. The normalized spacial score (nSPS) is 18.4. The predicted molar refractivity (Wildman–Crippen MR) is 120 cm³/mol. The Morgan fingerprint density at radius 2 is 1.41 bits per heavy atom. The average molecular weight is 562 g/mol. The number of aryl methyl sites for hydroxylation is 1. The molecule has 13 heteroatoms. The molecule has 4 nitrogen and oxygen atoms in total. The molecule has 0 radical (unpaired) electrons. The third-order valence-electron chi connectivity index (χ3n) is 6.27. The minimum absolute atomic E-state index is 0.00685. The molecule has 1 amide bonds. The molecule has 3 aromatic rings. The van der Waals surface area contributed by atoms with E-state index in [-0.39, 0.29) is 17.2 Å². The first-order valence-corrected chi connectivity index (χ1v) is 11.4. The number of nitrogens with zero attached hydrogens (tertiary/aromatic N) is 2. The van der Waals surface area contributed by atoms with Crippen LogP contribution in [-0.2, 0) is 29.8 Å². The molecule has 1 aliphatic rings. The van der Waals surface area contributed by atoms with Crippen molar-refractivity contribution in [2.75, 3.05) is 0 Å². The van der Waals surface area contributed by atoms with Crippen LogP contribution in [0.1, 0.15) is 46.5 Å². The van der Waals surface area contributed by atoms with Crippen molar-refractivity contribution in [3.8, 4) is 11.3 Å². The Hall–Kier alpha value is -3.77. The summed E-state index contributed by atoms with van der Waals surface area (Å²) in [6.45, 7) is 2.51. The average Bonchev–Trinajstić information content (AvgIpc) is 3.10. The molecule has 1 saturated heterocycles. The van der Waals surface area contributed by atoms with Gasteiger partial charge in [-0.3, -0.25) is 9.88 Å². The summed E-state index contributed by atoms with van der Waals surface area (Å²) < 4.78 is 126. The monoisotopic (exact) mass is 562 g/mol. The van der Waals surface area contributed by atoms with E-state index in [1.807, 2.05) is 0 Å². The first kappa shape index (κ1) is 28.2. The summed E-state index contributed by atoms with van der Waals surface area (Å²) in [5.74, 6) is 0. The van der Waals surface area contributed by atoms with Gasteiger partial charge in [0.15, 0.2) is 0 Å². The minimum Gasteiger partial charge on any atom is -0.439 e. The maximum atomic E-state index is 13.5. The second-order valence-electron chi connectivity index (χ2n) is 9.05.